The molecule has 6 nitrogen and oxygen atoms in total. The van der Waals surface area contributed by atoms with E-state index in [-0.39, 0.29) is 11.3 Å². The minimum Gasteiger partial charge on any atom is -0.343 e. The fourth-order valence-electron chi connectivity index (χ4n) is 2.69. The lowest BCUT2D eigenvalue weighted by molar-refractivity contribution is -0.123. The van der Waals surface area contributed by atoms with Gasteiger partial charge in [-0.25, -0.2) is 9.97 Å². The van der Waals surface area contributed by atoms with Crippen LogP contribution in [-0.4, -0.2) is 40.8 Å². The van der Waals surface area contributed by atoms with Gasteiger partial charge in [0.15, 0.2) is 5.82 Å². The van der Waals surface area contributed by atoms with Crippen LogP contribution in [0.5, 0.6) is 0 Å². The molecule has 0 atom stereocenters. The average Bonchev–Trinajstić information content (AvgIpc) is 3.25. The van der Waals surface area contributed by atoms with Gasteiger partial charge in [-0.05, 0) is 42.8 Å². The Morgan fingerprint density at radius 2 is 1.90 bits per heavy atom. The van der Waals surface area contributed by atoms with Gasteiger partial charge in [-0.2, -0.15) is 13.2 Å². The molecule has 0 spiro atoms. The maximum atomic E-state index is 12.9. The summed E-state index contributed by atoms with van der Waals surface area (Å²) in [7, 11) is 0. The van der Waals surface area contributed by atoms with E-state index in [2.05, 4.69) is 15.3 Å². The Kier molecular flexibility index (Phi) is 6.96. The Labute approximate surface area is 184 Å². The number of carbonyl (C=O) groups is 2. The van der Waals surface area contributed by atoms with Gasteiger partial charge in [-0.1, -0.05) is 12.1 Å². The third kappa shape index (κ3) is 5.82. The van der Waals surface area contributed by atoms with Crippen molar-refractivity contribution in [2.75, 3.05) is 18.1 Å². The van der Waals surface area contributed by atoms with Gasteiger partial charge in [0.1, 0.15) is 11.6 Å². The summed E-state index contributed by atoms with van der Waals surface area (Å²) in [6.07, 6.45) is -2.72. The fraction of sp³-hybridized carbons (Fsp3) is 0.200. The molecule has 2 amide bonds. The van der Waals surface area contributed by atoms with E-state index in [1.807, 2.05) is 17.5 Å². The summed E-state index contributed by atoms with van der Waals surface area (Å²) in [4.78, 5) is 34.7. The van der Waals surface area contributed by atoms with Crippen LogP contribution in [0.15, 0.2) is 46.8 Å². The number of nitrogens with zero attached hydrogens (tertiary/aromatic N) is 2. The fourth-order valence-corrected chi connectivity index (χ4v) is 3.97. The van der Waals surface area contributed by atoms with E-state index < -0.39 is 24.5 Å². The first-order chi connectivity index (χ1) is 14.7. The molecule has 0 radical (unpaired) electrons. The highest BCUT2D eigenvalue weighted by Gasteiger charge is 2.28. The molecular weight excluding hydrogens is 449 g/mol. The molecule has 3 rings (SSSR count). The normalized spacial score (nSPS) is 11.3. The van der Waals surface area contributed by atoms with Crippen molar-refractivity contribution in [3.8, 4) is 10.7 Å². The summed E-state index contributed by atoms with van der Waals surface area (Å²) < 4.78 is 36.9. The number of hydrogen-bond donors (Lipinski definition) is 2. The number of alkyl halides is 3. The second-order valence-electron chi connectivity index (χ2n) is 6.33. The van der Waals surface area contributed by atoms with Gasteiger partial charge in [0.25, 0.3) is 11.8 Å². The van der Waals surface area contributed by atoms with Crippen molar-refractivity contribution in [1.82, 2.24) is 15.3 Å². The molecule has 2 heterocycles. The minimum absolute atomic E-state index is 0.00634. The first-order valence-electron chi connectivity index (χ1n) is 8.91. The number of nitrogens with one attached hydrogen (secondary N) is 2. The molecule has 0 saturated heterocycles. The second-order valence-corrected chi connectivity index (χ2v) is 8.07. The smallest absolute Gasteiger partial charge is 0.343 e. The Balaban J connectivity index is 1.81. The molecular formula is C20H17F3N4O2S2. The minimum atomic E-state index is -4.51. The van der Waals surface area contributed by atoms with Crippen molar-refractivity contribution in [2.24, 2.45) is 0 Å². The first-order valence-corrected chi connectivity index (χ1v) is 11.0. The summed E-state index contributed by atoms with van der Waals surface area (Å²) in [6, 6.07) is 9.44. The van der Waals surface area contributed by atoms with E-state index >= 15 is 0 Å². The highest BCUT2D eigenvalue weighted by Crippen LogP contribution is 2.28. The van der Waals surface area contributed by atoms with E-state index in [9.17, 15) is 22.8 Å². The van der Waals surface area contributed by atoms with Crippen LogP contribution in [0.3, 0.4) is 0 Å². The quantitative estimate of drug-likeness (QED) is 0.404. The van der Waals surface area contributed by atoms with Crippen LogP contribution in [0.2, 0.25) is 0 Å². The molecule has 0 fully saturated rings. The van der Waals surface area contributed by atoms with Crippen molar-refractivity contribution < 1.29 is 22.8 Å². The van der Waals surface area contributed by atoms with Crippen molar-refractivity contribution in [3.05, 3.63) is 58.6 Å². The number of thiophene rings is 1. The first kappa shape index (κ1) is 22.8. The van der Waals surface area contributed by atoms with Gasteiger partial charge in [-0.3, -0.25) is 9.59 Å². The van der Waals surface area contributed by atoms with Gasteiger partial charge >= 0.3 is 6.18 Å². The summed E-state index contributed by atoms with van der Waals surface area (Å²) in [5, 5.41) is 6.86. The number of anilines is 1. The monoisotopic (exact) mass is 466 g/mol. The predicted octanol–water partition coefficient (Wildman–Crippen LogP) is 4.78. The molecule has 3 aromatic rings. The standard InChI is InChI=1S/C20H17F3N4O2S2/c1-11-15(19(30-2)27-16(25-11)14-7-4-8-31-14)18(29)26-13-6-3-5-12(9-13)17(28)24-10-20(21,22)23/h3-9H,10H2,1-2H3,(H,24,28)(H,26,29). The van der Waals surface area contributed by atoms with Gasteiger partial charge in [0.05, 0.1) is 16.1 Å². The molecule has 1 aromatic carbocycles. The van der Waals surface area contributed by atoms with Crippen LogP contribution in [0.4, 0.5) is 18.9 Å². The number of aromatic nitrogens is 2. The van der Waals surface area contributed by atoms with Crippen molar-refractivity contribution >= 4 is 40.6 Å². The average molecular weight is 467 g/mol. The Morgan fingerprint density at radius 1 is 1.13 bits per heavy atom. The molecule has 11 heteroatoms. The van der Waals surface area contributed by atoms with Crippen LogP contribution in [0, 0.1) is 6.92 Å². The zero-order valence-electron chi connectivity index (χ0n) is 16.4. The lowest BCUT2D eigenvalue weighted by Gasteiger charge is -2.13. The van der Waals surface area contributed by atoms with Crippen LogP contribution >= 0.6 is 23.1 Å². The van der Waals surface area contributed by atoms with Gasteiger partial charge in [-0.15, -0.1) is 23.1 Å². The van der Waals surface area contributed by atoms with E-state index in [0.717, 1.165) is 4.88 Å². The topological polar surface area (TPSA) is 84.0 Å². The number of aryl methyl sites for hydroxylation is 1. The molecule has 0 aliphatic carbocycles. The van der Waals surface area contributed by atoms with Crippen LogP contribution in [0.1, 0.15) is 26.4 Å². The van der Waals surface area contributed by atoms with Crippen LogP contribution < -0.4 is 10.6 Å². The molecule has 2 N–H and O–H groups in total. The van der Waals surface area contributed by atoms with E-state index in [4.69, 9.17) is 0 Å². The van der Waals surface area contributed by atoms with E-state index in [0.29, 0.717) is 22.1 Å². The van der Waals surface area contributed by atoms with Crippen molar-refractivity contribution in [3.63, 3.8) is 0 Å². The zero-order valence-corrected chi connectivity index (χ0v) is 18.0. The van der Waals surface area contributed by atoms with Crippen molar-refractivity contribution in [2.45, 2.75) is 18.1 Å². The van der Waals surface area contributed by atoms with E-state index in [1.165, 1.54) is 47.4 Å². The number of benzene rings is 1. The van der Waals surface area contributed by atoms with Crippen LogP contribution in [0.25, 0.3) is 10.7 Å². The highest BCUT2D eigenvalue weighted by atomic mass is 32.2. The largest absolute Gasteiger partial charge is 0.405 e. The Hall–Kier alpha value is -2.92. The zero-order chi connectivity index (χ0) is 22.6. The molecule has 31 heavy (non-hydrogen) atoms. The number of hydrogen-bond acceptors (Lipinski definition) is 6. The number of halogens is 3. The molecule has 0 unspecified atom stereocenters. The molecule has 0 bridgehead atoms. The third-order valence-corrected chi connectivity index (χ3v) is 5.60. The third-order valence-electron chi connectivity index (χ3n) is 4.05. The summed E-state index contributed by atoms with van der Waals surface area (Å²) in [5.74, 6) is -0.845. The molecule has 0 aliphatic heterocycles. The molecule has 2 aromatic heterocycles. The van der Waals surface area contributed by atoms with Crippen LogP contribution in [-0.2, 0) is 0 Å². The predicted molar refractivity (Wildman–Crippen MR) is 115 cm³/mol. The SMILES string of the molecule is CSc1nc(-c2cccs2)nc(C)c1C(=O)Nc1cccc(C(=O)NCC(F)(F)F)c1. The molecule has 0 aliphatic rings. The number of thioether (sulfide) groups is 1. The molecule has 0 saturated carbocycles. The molecule has 162 valence electrons. The van der Waals surface area contributed by atoms with Crippen molar-refractivity contribution in [1.29, 1.82) is 0 Å². The van der Waals surface area contributed by atoms with Gasteiger partial charge < -0.3 is 10.6 Å². The number of rotatable bonds is 6. The second kappa shape index (κ2) is 9.48. The summed E-state index contributed by atoms with van der Waals surface area (Å²) in [6.45, 7) is 0.265. The highest BCUT2D eigenvalue weighted by molar-refractivity contribution is 7.98. The van der Waals surface area contributed by atoms with Gasteiger partial charge in [0.2, 0.25) is 0 Å². The van der Waals surface area contributed by atoms with E-state index in [1.54, 1.807) is 18.5 Å². The Morgan fingerprint density at radius 3 is 2.55 bits per heavy atom. The maximum absolute atomic E-state index is 12.9. The summed E-state index contributed by atoms with van der Waals surface area (Å²) in [5.41, 5.74) is 1.03. The Bertz CT molecular complexity index is 1100. The lowest BCUT2D eigenvalue weighted by Crippen LogP contribution is -2.33. The number of carbonyl (C=O) groups excluding carboxylic acids is 2. The van der Waals surface area contributed by atoms with Gasteiger partial charge in [0, 0.05) is 11.3 Å². The number of amides is 2. The summed E-state index contributed by atoms with van der Waals surface area (Å²) >= 11 is 2.79. The lowest BCUT2D eigenvalue weighted by atomic mass is 10.1. The maximum Gasteiger partial charge on any atom is 0.405 e.